The van der Waals surface area contributed by atoms with Crippen LogP contribution in [0.25, 0.3) is 6.08 Å². The number of ether oxygens (including phenoxy) is 1. The van der Waals surface area contributed by atoms with Crippen molar-refractivity contribution in [2.75, 3.05) is 7.11 Å². The molecule has 0 atom stereocenters. The minimum atomic E-state index is -3.86. The van der Waals surface area contributed by atoms with Crippen LogP contribution in [0.15, 0.2) is 88.3 Å². The van der Waals surface area contributed by atoms with Crippen molar-refractivity contribution in [2.24, 2.45) is 4.40 Å². The third kappa shape index (κ3) is 4.92. The van der Waals surface area contributed by atoms with E-state index >= 15 is 0 Å². The predicted molar refractivity (Wildman–Crippen MR) is 111 cm³/mol. The van der Waals surface area contributed by atoms with E-state index in [1.165, 1.54) is 0 Å². The van der Waals surface area contributed by atoms with E-state index in [-0.39, 0.29) is 4.90 Å². The molecule has 1 aromatic heterocycles. The van der Waals surface area contributed by atoms with Crippen LogP contribution in [0, 0.1) is 6.92 Å². The van der Waals surface area contributed by atoms with Crippen molar-refractivity contribution in [3.05, 3.63) is 95.8 Å². The number of benzene rings is 2. The van der Waals surface area contributed by atoms with Crippen molar-refractivity contribution in [1.82, 2.24) is 4.98 Å². The van der Waals surface area contributed by atoms with Gasteiger partial charge >= 0.3 is 0 Å². The number of pyridine rings is 1. The molecule has 28 heavy (non-hydrogen) atoms. The summed E-state index contributed by atoms with van der Waals surface area (Å²) in [6, 6.07) is 19.2. The summed E-state index contributed by atoms with van der Waals surface area (Å²) in [6.07, 6.45) is 5.05. The zero-order chi connectivity index (χ0) is 20.0. The normalized spacial score (nSPS) is 12.3. The summed E-state index contributed by atoms with van der Waals surface area (Å²) < 4.78 is 34.9. The van der Waals surface area contributed by atoms with Gasteiger partial charge in [0.15, 0.2) is 0 Å². The molecule has 0 radical (unpaired) electrons. The van der Waals surface area contributed by atoms with E-state index in [4.69, 9.17) is 4.74 Å². The van der Waals surface area contributed by atoms with Gasteiger partial charge in [0.1, 0.15) is 5.75 Å². The van der Waals surface area contributed by atoms with Gasteiger partial charge in [-0.05, 0) is 67.6 Å². The number of methoxy groups -OCH3 is 1. The second-order valence-electron chi connectivity index (χ2n) is 6.08. The molecular weight excluding hydrogens is 372 g/mol. The van der Waals surface area contributed by atoms with Crippen LogP contribution < -0.4 is 4.74 Å². The molecule has 3 rings (SSSR count). The Morgan fingerprint density at radius 3 is 2.32 bits per heavy atom. The number of aryl methyl sites for hydroxylation is 1. The van der Waals surface area contributed by atoms with Crippen LogP contribution >= 0.6 is 0 Å². The van der Waals surface area contributed by atoms with Crippen LogP contribution in [0.4, 0.5) is 0 Å². The smallest absolute Gasteiger partial charge is 0.282 e. The van der Waals surface area contributed by atoms with Crippen LogP contribution in [-0.2, 0) is 10.0 Å². The molecule has 0 unspecified atom stereocenters. The van der Waals surface area contributed by atoms with Crippen LogP contribution in [0.5, 0.6) is 5.75 Å². The van der Waals surface area contributed by atoms with Gasteiger partial charge in [-0.1, -0.05) is 23.8 Å². The summed E-state index contributed by atoms with van der Waals surface area (Å²) in [6.45, 7) is 1.90. The lowest BCUT2D eigenvalue weighted by Crippen LogP contribution is -2.05. The standard InChI is InChI=1S/C22H20N2O3S/c1-17-6-13-21(14-7-17)28(25,26)24-22(15-10-19-5-3-4-16-23-19)18-8-11-20(27-2)12-9-18/h3-16H,1-2H3/b15-10+,24-22-. The lowest BCUT2D eigenvalue weighted by Gasteiger charge is -2.06. The number of hydrogen-bond acceptors (Lipinski definition) is 4. The van der Waals surface area contributed by atoms with Gasteiger partial charge < -0.3 is 4.74 Å². The maximum absolute atomic E-state index is 12.8. The molecule has 0 fully saturated rings. The average Bonchev–Trinajstić information content (AvgIpc) is 2.72. The highest BCUT2D eigenvalue weighted by Gasteiger charge is 2.14. The minimum Gasteiger partial charge on any atom is -0.497 e. The summed E-state index contributed by atoms with van der Waals surface area (Å²) in [7, 11) is -2.28. The Bertz CT molecular complexity index is 1090. The first-order valence-corrected chi connectivity index (χ1v) is 10.1. The topological polar surface area (TPSA) is 68.6 Å². The van der Waals surface area contributed by atoms with E-state index in [1.54, 1.807) is 74.0 Å². The molecule has 3 aromatic rings. The zero-order valence-electron chi connectivity index (χ0n) is 15.6. The lowest BCUT2D eigenvalue weighted by molar-refractivity contribution is 0.415. The van der Waals surface area contributed by atoms with Gasteiger partial charge in [0, 0.05) is 11.8 Å². The SMILES string of the molecule is COc1ccc(C(/C=C/c2ccccn2)=N\S(=O)(=O)c2ccc(C)cc2)cc1. The van der Waals surface area contributed by atoms with Gasteiger partial charge in [0.05, 0.1) is 23.4 Å². The highest BCUT2D eigenvalue weighted by Crippen LogP contribution is 2.18. The number of allylic oxidation sites excluding steroid dienone is 1. The highest BCUT2D eigenvalue weighted by atomic mass is 32.2. The molecular formula is C22H20N2O3S. The summed E-state index contributed by atoms with van der Waals surface area (Å²) in [5.74, 6) is 0.679. The Balaban J connectivity index is 2.04. The molecule has 142 valence electrons. The molecule has 6 heteroatoms. The maximum atomic E-state index is 12.8. The van der Waals surface area contributed by atoms with E-state index in [2.05, 4.69) is 9.38 Å². The van der Waals surface area contributed by atoms with Crippen molar-refractivity contribution in [3.8, 4) is 5.75 Å². The fraction of sp³-hybridized carbons (Fsp3) is 0.0909. The molecule has 0 spiro atoms. The second-order valence-corrected chi connectivity index (χ2v) is 7.69. The van der Waals surface area contributed by atoms with Crippen LogP contribution in [0.2, 0.25) is 0 Å². The first-order valence-electron chi connectivity index (χ1n) is 8.63. The summed E-state index contributed by atoms with van der Waals surface area (Å²) >= 11 is 0. The summed E-state index contributed by atoms with van der Waals surface area (Å²) in [4.78, 5) is 4.37. The molecule has 0 aliphatic carbocycles. The van der Waals surface area contributed by atoms with Crippen LogP contribution in [0.3, 0.4) is 0 Å². The average molecular weight is 392 g/mol. The predicted octanol–water partition coefficient (Wildman–Crippen LogP) is 4.29. The molecule has 0 aliphatic rings. The fourth-order valence-corrected chi connectivity index (χ4v) is 3.48. The van der Waals surface area contributed by atoms with Crippen LogP contribution in [0.1, 0.15) is 16.8 Å². The van der Waals surface area contributed by atoms with Gasteiger partial charge in [-0.15, -0.1) is 0 Å². The van der Waals surface area contributed by atoms with Gasteiger partial charge in [-0.3, -0.25) is 4.98 Å². The van der Waals surface area contributed by atoms with E-state index < -0.39 is 10.0 Å². The lowest BCUT2D eigenvalue weighted by atomic mass is 10.1. The maximum Gasteiger partial charge on any atom is 0.282 e. The molecule has 0 aliphatic heterocycles. The first-order chi connectivity index (χ1) is 13.5. The Morgan fingerprint density at radius 2 is 1.71 bits per heavy atom. The Kier molecular flexibility index (Phi) is 6.01. The van der Waals surface area contributed by atoms with Gasteiger partial charge in [0.25, 0.3) is 10.0 Å². The van der Waals surface area contributed by atoms with Gasteiger partial charge in [-0.25, -0.2) is 0 Å². The summed E-state index contributed by atoms with van der Waals surface area (Å²) in [5, 5.41) is 0. The first kappa shape index (κ1) is 19.5. The Labute approximate surface area is 165 Å². The molecule has 0 N–H and O–H groups in total. The van der Waals surface area contributed by atoms with Crippen molar-refractivity contribution >= 4 is 21.8 Å². The fourth-order valence-electron chi connectivity index (χ4n) is 2.47. The third-order valence-electron chi connectivity index (χ3n) is 4.02. The molecule has 0 saturated carbocycles. The zero-order valence-corrected chi connectivity index (χ0v) is 16.4. The molecule has 5 nitrogen and oxygen atoms in total. The minimum absolute atomic E-state index is 0.148. The largest absolute Gasteiger partial charge is 0.497 e. The number of rotatable bonds is 6. The van der Waals surface area contributed by atoms with Gasteiger partial charge in [0.2, 0.25) is 0 Å². The Hall–Kier alpha value is -3.25. The van der Waals surface area contributed by atoms with Crippen molar-refractivity contribution in [2.45, 2.75) is 11.8 Å². The number of nitrogens with zero attached hydrogens (tertiary/aromatic N) is 2. The summed E-state index contributed by atoms with van der Waals surface area (Å²) in [5.41, 5.74) is 2.65. The van der Waals surface area contributed by atoms with Crippen molar-refractivity contribution in [3.63, 3.8) is 0 Å². The van der Waals surface area contributed by atoms with Crippen LogP contribution in [-0.4, -0.2) is 26.2 Å². The van der Waals surface area contributed by atoms with Crippen molar-refractivity contribution < 1.29 is 13.2 Å². The molecule has 0 amide bonds. The number of sulfonamides is 1. The molecule has 0 saturated heterocycles. The van der Waals surface area contributed by atoms with E-state index in [9.17, 15) is 8.42 Å². The quantitative estimate of drug-likeness (QED) is 0.587. The molecule has 0 bridgehead atoms. The highest BCUT2D eigenvalue weighted by molar-refractivity contribution is 7.90. The van der Waals surface area contributed by atoms with E-state index in [1.807, 2.05) is 25.1 Å². The second kappa shape index (κ2) is 8.63. The monoisotopic (exact) mass is 392 g/mol. The number of aromatic nitrogens is 1. The molecule has 1 heterocycles. The van der Waals surface area contributed by atoms with Crippen molar-refractivity contribution in [1.29, 1.82) is 0 Å². The van der Waals surface area contributed by atoms with E-state index in [0.29, 0.717) is 22.7 Å². The Morgan fingerprint density at radius 1 is 1.00 bits per heavy atom. The third-order valence-corrected chi connectivity index (χ3v) is 5.33. The number of hydrogen-bond donors (Lipinski definition) is 0. The van der Waals surface area contributed by atoms with Gasteiger partial charge in [-0.2, -0.15) is 12.8 Å². The molecule has 2 aromatic carbocycles. The van der Waals surface area contributed by atoms with E-state index in [0.717, 1.165) is 5.56 Å².